The maximum atomic E-state index is 12.5. The van der Waals surface area contributed by atoms with E-state index < -0.39 is 10.0 Å². The number of carbonyl (C=O) groups excluding carboxylic acids is 1. The van der Waals surface area contributed by atoms with Crippen molar-refractivity contribution in [3.63, 3.8) is 0 Å². The first kappa shape index (κ1) is 17.2. The van der Waals surface area contributed by atoms with Gasteiger partial charge in [0.05, 0.1) is 4.90 Å². The van der Waals surface area contributed by atoms with Gasteiger partial charge in [-0.05, 0) is 56.4 Å². The van der Waals surface area contributed by atoms with Gasteiger partial charge < -0.3 is 10.6 Å². The fourth-order valence-electron chi connectivity index (χ4n) is 3.75. The van der Waals surface area contributed by atoms with E-state index in [0.29, 0.717) is 5.69 Å². The van der Waals surface area contributed by atoms with Gasteiger partial charge in [-0.1, -0.05) is 0 Å². The average molecular weight is 351 g/mol. The number of sulfonamides is 1. The van der Waals surface area contributed by atoms with E-state index in [1.54, 1.807) is 32.0 Å². The Balaban J connectivity index is 1.59. The summed E-state index contributed by atoms with van der Waals surface area (Å²) in [4.78, 5) is 13.5. The van der Waals surface area contributed by atoms with Crippen molar-refractivity contribution < 1.29 is 13.2 Å². The number of nitrogens with one attached hydrogen (secondary N) is 1. The molecule has 2 fully saturated rings. The molecule has 0 aromatic heterocycles. The van der Waals surface area contributed by atoms with Crippen molar-refractivity contribution in [3.05, 3.63) is 23.8 Å². The van der Waals surface area contributed by atoms with Gasteiger partial charge in [0.15, 0.2) is 0 Å². The molecule has 2 aliphatic rings. The summed E-state index contributed by atoms with van der Waals surface area (Å²) in [5.41, 5.74) is 7.33. The van der Waals surface area contributed by atoms with Gasteiger partial charge in [0.25, 0.3) is 0 Å². The monoisotopic (exact) mass is 351 g/mol. The van der Waals surface area contributed by atoms with Gasteiger partial charge in [-0.3, -0.25) is 4.79 Å². The van der Waals surface area contributed by atoms with Crippen molar-refractivity contribution >= 4 is 21.6 Å². The summed E-state index contributed by atoms with van der Waals surface area (Å²) < 4.78 is 27.9. The molecule has 3 N–H and O–H groups in total. The van der Waals surface area contributed by atoms with Gasteiger partial charge in [0.2, 0.25) is 15.9 Å². The van der Waals surface area contributed by atoms with E-state index in [2.05, 4.69) is 4.72 Å². The first-order valence-corrected chi connectivity index (χ1v) is 9.83. The molecule has 0 unspecified atom stereocenters. The number of benzene rings is 1. The summed E-state index contributed by atoms with van der Waals surface area (Å²) in [6, 6.07) is 4.75. The zero-order valence-electron chi connectivity index (χ0n) is 14.2. The summed E-state index contributed by atoms with van der Waals surface area (Å²) in [5.74, 6) is 0.127. The molecule has 0 bridgehead atoms. The number of anilines is 1. The zero-order chi connectivity index (χ0) is 17.5. The number of amides is 1. The van der Waals surface area contributed by atoms with Crippen molar-refractivity contribution in [1.29, 1.82) is 0 Å². The van der Waals surface area contributed by atoms with Crippen LogP contribution in [0.5, 0.6) is 0 Å². The Morgan fingerprint density at radius 2 is 1.92 bits per heavy atom. The number of nitrogens with zero attached hydrogens (tertiary/aromatic N) is 1. The van der Waals surface area contributed by atoms with Crippen LogP contribution in [0.2, 0.25) is 0 Å². The molecular weight excluding hydrogens is 326 g/mol. The largest absolute Gasteiger partial charge is 0.399 e. The predicted molar refractivity (Wildman–Crippen MR) is 92.9 cm³/mol. The molecule has 0 atom stereocenters. The molecule has 0 radical (unpaired) electrons. The van der Waals surface area contributed by atoms with E-state index in [9.17, 15) is 13.2 Å². The van der Waals surface area contributed by atoms with Crippen LogP contribution in [0.15, 0.2) is 23.1 Å². The highest BCUT2D eigenvalue weighted by molar-refractivity contribution is 7.89. The lowest BCUT2D eigenvalue weighted by atomic mass is 9.67. The van der Waals surface area contributed by atoms with E-state index >= 15 is 0 Å². The number of likely N-dealkylation sites (tertiary alicyclic amines) is 1. The normalized spacial score (nSPS) is 20.8. The molecule has 3 rings (SSSR count). The second kappa shape index (κ2) is 6.04. The molecule has 1 spiro atoms. The van der Waals surface area contributed by atoms with Crippen LogP contribution in [0, 0.1) is 12.3 Å². The molecule has 1 aromatic carbocycles. The van der Waals surface area contributed by atoms with E-state index in [1.807, 2.05) is 4.90 Å². The number of nitrogen functional groups attached to an aromatic ring is 1. The van der Waals surface area contributed by atoms with Crippen molar-refractivity contribution in [2.24, 2.45) is 5.41 Å². The Morgan fingerprint density at radius 1 is 1.29 bits per heavy atom. The third-order valence-electron chi connectivity index (χ3n) is 5.42. The number of carbonyl (C=O) groups is 1. The second-order valence-corrected chi connectivity index (χ2v) is 9.00. The first-order valence-electron chi connectivity index (χ1n) is 8.35. The minimum atomic E-state index is -3.52. The van der Waals surface area contributed by atoms with Crippen molar-refractivity contribution in [3.8, 4) is 0 Å². The SMILES string of the molecule is CC(=O)N1CC2(CCC(NS(=O)(=O)c3ccc(N)c(C)c3)CC2)C1. The van der Waals surface area contributed by atoms with Crippen LogP contribution < -0.4 is 10.5 Å². The highest BCUT2D eigenvalue weighted by atomic mass is 32.2. The zero-order valence-corrected chi connectivity index (χ0v) is 15.0. The molecule has 1 aromatic rings. The minimum absolute atomic E-state index is 0.0372. The van der Waals surface area contributed by atoms with E-state index in [4.69, 9.17) is 5.73 Å². The van der Waals surface area contributed by atoms with Crippen LogP contribution in [0.1, 0.15) is 38.2 Å². The van der Waals surface area contributed by atoms with Crippen LogP contribution in [-0.2, 0) is 14.8 Å². The van der Waals surface area contributed by atoms with Crippen LogP contribution in [0.4, 0.5) is 5.69 Å². The summed E-state index contributed by atoms with van der Waals surface area (Å²) in [7, 11) is -3.52. The summed E-state index contributed by atoms with van der Waals surface area (Å²) in [6.07, 6.45) is 3.56. The Kier molecular flexibility index (Phi) is 4.34. The Hall–Kier alpha value is -1.60. The van der Waals surface area contributed by atoms with Gasteiger partial charge >= 0.3 is 0 Å². The predicted octanol–water partition coefficient (Wildman–Crippen LogP) is 1.65. The lowest BCUT2D eigenvalue weighted by molar-refractivity contribution is -0.143. The molecule has 1 amide bonds. The smallest absolute Gasteiger partial charge is 0.240 e. The lowest BCUT2D eigenvalue weighted by Crippen LogP contribution is -2.60. The van der Waals surface area contributed by atoms with Crippen LogP contribution in [0.3, 0.4) is 0 Å². The number of nitrogens with two attached hydrogens (primary N) is 1. The quantitative estimate of drug-likeness (QED) is 0.810. The second-order valence-electron chi connectivity index (χ2n) is 7.29. The Labute approximate surface area is 143 Å². The summed E-state index contributed by atoms with van der Waals surface area (Å²) in [6.45, 7) is 5.04. The molecule has 24 heavy (non-hydrogen) atoms. The first-order chi connectivity index (χ1) is 11.2. The molecule has 1 saturated carbocycles. The summed E-state index contributed by atoms with van der Waals surface area (Å²) >= 11 is 0. The van der Waals surface area contributed by atoms with Gasteiger partial charge in [-0.25, -0.2) is 13.1 Å². The highest BCUT2D eigenvalue weighted by Crippen LogP contribution is 2.44. The molecule has 1 heterocycles. The molecule has 1 saturated heterocycles. The van der Waals surface area contributed by atoms with Gasteiger partial charge in [0, 0.05) is 37.2 Å². The molecule has 7 heteroatoms. The lowest BCUT2D eigenvalue weighted by Gasteiger charge is -2.53. The number of hydrogen-bond acceptors (Lipinski definition) is 4. The van der Waals surface area contributed by atoms with Crippen molar-refractivity contribution in [2.75, 3.05) is 18.8 Å². The molecule has 132 valence electrons. The van der Waals surface area contributed by atoms with E-state index in [-0.39, 0.29) is 22.3 Å². The van der Waals surface area contributed by atoms with Crippen LogP contribution in [-0.4, -0.2) is 38.4 Å². The fourth-order valence-corrected chi connectivity index (χ4v) is 5.14. The van der Waals surface area contributed by atoms with Gasteiger partial charge in [-0.2, -0.15) is 0 Å². The van der Waals surface area contributed by atoms with Gasteiger partial charge in [0.1, 0.15) is 0 Å². The molecule has 1 aliphatic carbocycles. The molecule has 1 aliphatic heterocycles. The Morgan fingerprint density at radius 3 is 2.46 bits per heavy atom. The van der Waals surface area contributed by atoms with Crippen LogP contribution >= 0.6 is 0 Å². The third kappa shape index (κ3) is 3.28. The van der Waals surface area contributed by atoms with Crippen LogP contribution in [0.25, 0.3) is 0 Å². The maximum Gasteiger partial charge on any atom is 0.240 e. The Bertz CT molecular complexity index is 744. The summed E-state index contributed by atoms with van der Waals surface area (Å²) in [5, 5.41) is 0. The number of aryl methyl sites for hydroxylation is 1. The third-order valence-corrected chi connectivity index (χ3v) is 6.94. The minimum Gasteiger partial charge on any atom is -0.399 e. The van der Waals surface area contributed by atoms with Crippen molar-refractivity contribution in [1.82, 2.24) is 9.62 Å². The topological polar surface area (TPSA) is 92.5 Å². The average Bonchev–Trinajstić information content (AvgIpc) is 2.48. The molecule has 6 nitrogen and oxygen atoms in total. The standard InChI is InChI=1S/C17H25N3O3S/c1-12-9-15(3-4-16(12)18)24(22,23)19-14-5-7-17(8-6-14)10-20(11-17)13(2)21/h3-4,9,14,19H,5-8,10-11,18H2,1-2H3. The van der Waals surface area contributed by atoms with E-state index in [0.717, 1.165) is 44.3 Å². The molecular formula is C17H25N3O3S. The highest BCUT2D eigenvalue weighted by Gasteiger charge is 2.46. The fraction of sp³-hybridized carbons (Fsp3) is 0.588. The van der Waals surface area contributed by atoms with Crippen molar-refractivity contribution in [2.45, 2.75) is 50.5 Å². The maximum absolute atomic E-state index is 12.5. The number of rotatable bonds is 3. The number of hydrogen-bond donors (Lipinski definition) is 2. The van der Waals surface area contributed by atoms with E-state index in [1.165, 1.54) is 0 Å². The van der Waals surface area contributed by atoms with Gasteiger partial charge in [-0.15, -0.1) is 0 Å².